The van der Waals surface area contributed by atoms with Crippen molar-refractivity contribution in [1.82, 2.24) is 4.98 Å². The molecule has 0 saturated carbocycles. The number of carbonyl (C=O) groups excluding carboxylic acids is 1. The zero-order chi connectivity index (χ0) is 16.1. The maximum absolute atomic E-state index is 11.5. The fourth-order valence-electron chi connectivity index (χ4n) is 1.75. The third kappa shape index (κ3) is 4.09. The van der Waals surface area contributed by atoms with Crippen molar-refractivity contribution in [3.63, 3.8) is 0 Å². The van der Waals surface area contributed by atoms with Gasteiger partial charge in [0.15, 0.2) is 3.95 Å². The highest BCUT2D eigenvalue weighted by atomic mass is 32.1. The zero-order valence-corrected chi connectivity index (χ0v) is 13.2. The summed E-state index contributed by atoms with van der Waals surface area (Å²) in [5.41, 5.74) is 0.654. The van der Waals surface area contributed by atoms with Gasteiger partial charge in [0.1, 0.15) is 0 Å². The number of carbonyl (C=O) groups is 1. The van der Waals surface area contributed by atoms with Crippen molar-refractivity contribution in [1.29, 1.82) is 0 Å². The molecule has 0 aliphatic heterocycles. The number of nitrogens with zero attached hydrogens (tertiary/aromatic N) is 1. The number of aromatic nitrogens is 1. The number of aromatic amines is 1. The van der Waals surface area contributed by atoms with E-state index in [1.807, 2.05) is 0 Å². The molecule has 0 aliphatic carbocycles. The SMILES string of the molecule is CCOC(=O)/C=c1\[nH]c(=S)s\c1=C/c1cccc([N+](=O)[O-])c1. The number of hydrogen-bond donors (Lipinski definition) is 1. The van der Waals surface area contributed by atoms with Crippen molar-refractivity contribution >= 4 is 47.4 Å². The number of nitro benzene ring substituents is 1. The van der Waals surface area contributed by atoms with Gasteiger partial charge in [0.2, 0.25) is 0 Å². The van der Waals surface area contributed by atoms with E-state index in [-0.39, 0.29) is 12.3 Å². The Morgan fingerprint density at radius 1 is 1.55 bits per heavy atom. The van der Waals surface area contributed by atoms with Crippen molar-refractivity contribution < 1.29 is 14.5 Å². The number of esters is 1. The van der Waals surface area contributed by atoms with Crippen molar-refractivity contribution in [2.24, 2.45) is 0 Å². The average Bonchev–Trinajstić information content (AvgIpc) is 2.79. The lowest BCUT2D eigenvalue weighted by molar-refractivity contribution is -0.384. The summed E-state index contributed by atoms with van der Waals surface area (Å²) in [6, 6.07) is 6.22. The van der Waals surface area contributed by atoms with E-state index in [0.29, 0.717) is 19.4 Å². The van der Waals surface area contributed by atoms with Gasteiger partial charge in [0.05, 0.1) is 21.4 Å². The van der Waals surface area contributed by atoms with Crippen molar-refractivity contribution in [2.75, 3.05) is 6.61 Å². The smallest absolute Gasteiger partial charge is 0.332 e. The Hall–Kier alpha value is -2.32. The molecular weight excluding hydrogens is 324 g/mol. The number of hydrogen-bond acceptors (Lipinski definition) is 6. The van der Waals surface area contributed by atoms with Gasteiger partial charge < -0.3 is 9.72 Å². The number of nitrogens with one attached hydrogen (secondary N) is 1. The lowest BCUT2D eigenvalue weighted by atomic mass is 10.2. The minimum atomic E-state index is -0.472. The first kappa shape index (κ1) is 16.1. The van der Waals surface area contributed by atoms with Gasteiger partial charge in [0, 0.05) is 18.2 Å². The minimum Gasteiger partial charge on any atom is -0.463 e. The van der Waals surface area contributed by atoms with Crippen LogP contribution >= 0.6 is 23.6 Å². The van der Waals surface area contributed by atoms with E-state index in [2.05, 4.69) is 4.98 Å². The molecular formula is C14H12N2O4S2. The average molecular weight is 336 g/mol. The number of nitro groups is 1. The molecule has 1 aromatic carbocycles. The van der Waals surface area contributed by atoms with Crippen LogP contribution in [0.5, 0.6) is 0 Å². The Morgan fingerprint density at radius 3 is 3.00 bits per heavy atom. The molecule has 0 amide bonds. The van der Waals surface area contributed by atoms with E-state index < -0.39 is 10.9 Å². The van der Waals surface area contributed by atoms with Gasteiger partial charge in [-0.25, -0.2) is 4.79 Å². The van der Waals surface area contributed by atoms with Gasteiger partial charge in [-0.05, 0) is 30.8 Å². The van der Waals surface area contributed by atoms with Gasteiger partial charge in [0.25, 0.3) is 5.69 Å². The standard InChI is InChI=1S/C14H12N2O4S2/c1-2-20-13(17)8-11-12(22-14(21)15-11)7-9-4-3-5-10(6-9)16(18)19/h3-8H,2H2,1H3,(H,15,21)/b11-8-,12-7-. The first-order valence-corrected chi connectivity index (χ1v) is 7.56. The fourth-order valence-corrected chi connectivity index (χ4v) is 2.90. The zero-order valence-electron chi connectivity index (χ0n) is 11.6. The Morgan fingerprint density at radius 2 is 2.32 bits per heavy atom. The number of ether oxygens (including phenoxy) is 1. The second-order valence-corrected chi connectivity index (χ2v) is 5.90. The van der Waals surface area contributed by atoms with E-state index in [1.165, 1.54) is 29.5 Å². The van der Waals surface area contributed by atoms with Crippen molar-refractivity contribution in [3.8, 4) is 0 Å². The topological polar surface area (TPSA) is 85.2 Å². The summed E-state index contributed by atoms with van der Waals surface area (Å²) in [6.45, 7) is 2.00. The molecule has 0 aliphatic rings. The number of H-pyrrole nitrogens is 1. The van der Waals surface area contributed by atoms with E-state index >= 15 is 0 Å². The molecule has 1 heterocycles. The molecule has 22 heavy (non-hydrogen) atoms. The summed E-state index contributed by atoms with van der Waals surface area (Å²) in [5, 5.41) is 11.3. The van der Waals surface area contributed by atoms with Gasteiger partial charge in [-0.15, -0.1) is 11.3 Å². The molecule has 0 bridgehead atoms. The van der Waals surface area contributed by atoms with Crippen LogP contribution in [-0.4, -0.2) is 22.5 Å². The first-order valence-electron chi connectivity index (χ1n) is 6.33. The Bertz CT molecular complexity index is 883. The third-order valence-electron chi connectivity index (χ3n) is 2.63. The van der Waals surface area contributed by atoms with E-state index in [1.54, 1.807) is 25.1 Å². The summed E-state index contributed by atoms with van der Waals surface area (Å²) in [5.74, 6) is -0.472. The van der Waals surface area contributed by atoms with Crippen molar-refractivity contribution in [3.05, 3.63) is 53.8 Å². The molecule has 8 heteroatoms. The maximum atomic E-state index is 11.5. The summed E-state index contributed by atoms with van der Waals surface area (Å²) in [4.78, 5) is 24.8. The Kier molecular flexibility index (Phi) is 5.18. The fraction of sp³-hybridized carbons (Fsp3) is 0.143. The molecule has 0 atom stereocenters. The molecule has 0 fully saturated rings. The molecule has 2 aromatic rings. The van der Waals surface area contributed by atoms with Crippen LogP contribution in [0.3, 0.4) is 0 Å². The van der Waals surface area contributed by atoms with E-state index in [9.17, 15) is 14.9 Å². The lowest BCUT2D eigenvalue weighted by Crippen LogP contribution is -2.23. The molecule has 6 nitrogen and oxygen atoms in total. The normalized spacial score (nSPS) is 12.4. The minimum absolute atomic E-state index is 0.00352. The van der Waals surface area contributed by atoms with Crippen LogP contribution in [0.25, 0.3) is 12.2 Å². The second kappa shape index (κ2) is 7.10. The largest absolute Gasteiger partial charge is 0.463 e. The van der Waals surface area contributed by atoms with E-state index in [4.69, 9.17) is 17.0 Å². The quantitative estimate of drug-likeness (QED) is 0.399. The van der Waals surface area contributed by atoms with Crippen LogP contribution in [0.2, 0.25) is 0 Å². The van der Waals surface area contributed by atoms with Crippen LogP contribution in [0.4, 0.5) is 5.69 Å². The number of benzene rings is 1. The van der Waals surface area contributed by atoms with Crippen molar-refractivity contribution in [2.45, 2.75) is 6.92 Å². The molecule has 1 N–H and O–H groups in total. The highest BCUT2D eigenvalue weighted by Gasteiger charge is 2.04. The second-order valence-electron chi connectivity index (χ2n) is 4.19. The van der Waals surface area contributed by atoms with Gasteiger partial charge >= 0.3 is 5.97 Å². The number of non-ortho nitro benzene ring substituents is 1. The molecule has 114 valence electrons. The van der Waals surface area contributed by atoms with E-state index in [0.717, 1.165) is 0 Å². The Balaban J connectivity index is 2.53. The van der Waals surface area contributed by atoms with Gasteiger partial charge in [-0.1, -0.05) is 12.1 Å². The Labute approximate surface area is 134 Å². The highest BCUT2D eigenvalue weighted by Crippen LogP contribution is 2.13. The van der Waals surface area contributed by atoms with Crippen LogP contribution in [0.1, 0.15) is 12.5 Å². The molecule has 0 saturated heterocycles. The predicted molar refractivity (Wildman–Crippen MR) is 86.5 cm³/mol. The monoisotopic (exact) mass is 336 g/mol. The van der Waals surface area contributed by atoms with Gasteiger partial charge in [-0.3, -0.25) is 10.1 Å². The van der Waals surface area contributed by atoms with Crippen LogP contribution in [0.15, 0.2) is 24.3 Å². The molecule has 0 unspecified atom stereocenters. The maximum Gasteiger partial charge on any atom is 0.332 e. The summed E-state index contributed by atoms with van der Waals surface area (Å²) < 4.78 is 6.08. The van der Waals surface area contributed by atoms with Crippen LogP contribution < -0.4 is 9.88 Å². The summed E-state index contributed by atoms with van der Waals surface area (Å²) >= 11 is 6.36. The summed E-state index contributed by atoms with van der Waals surface area (Å²) in [7, 11) is 0. The lowest BCUT2D eigenvalue weighted by Gasteiger charge is -1.94. The van der Waals surface area contributed by atoms with Crippen LogP contribution in [0, 0.1) is 14.1 Å². The number of rotatable bonds is 4. The number of thiazole rings is 1. The first-order chi connectivity index (χ1) is 10.5. The molecule has 0 spiro atoms. The highest BCUT2D eigenvalue weighted by molar-refractivity contribution is 7.73. The van der Waals surface area contributed by atoms with Crippen LogP contribution in [-0.2, 0) is 9.53 Å². The summed E-state index contributed by atoms with van der Waals surface area (Å²) in [6.07, 6.45) is 3.05. The third-order valence-corrected chi connectivity index (χ3v) is 3.83. The molecule has 0 radical (unpaired) electrons. The molecule has 1 aromatic heterocycles. The predicted octanol–water partition coefficient (Wildman–Crippen LogP) is 1.89. The van der Waals surface area contributed by atoms with Gasteiger partial charge in [-0.2, -0.15) is 0 Å². The molecule has 2 rings (SSSR count).